The lowest BCUT2D eigenvalue weighted by molar-refractivity contribution is 0.837. The Labute approximate surface area is 72.3 Å². The van der Waals surface area contributed by atoms with Gasteiger partial charge in [0, 0.05) is 6.54 Å². The maximum Gasteiger partial charge on any atom is 0.0828 e. The second kappa shape index (κ2) is 3.39. The maximum absolute atomic E-state index is 4.24. The number of aliphatic imine (C=N–C) groups is 1. The molecule has 0 saturated heterocycles. The largest absolute Gasteiger partial charge is 0.376 e. The lowest BCUT2D eigenvalue weighted by atomic mass is 10.0. The SMILES string of the molecule is C1=N\Cc2ccccc2CCN/1. The zero-order chi connectivity index (χ0) is 8.23. The molecule has 12 heavy (non-hydrogen) atoms. The van der Waals surface area contributed by atoms with Gasteiger partial charge in [0.15, 0.2) is 0 Å². The first kappa shape index (κ1) is 7.35. The summed E-state index contributed by atoms with van der Waals surface area (Å²) in [6.45, 7) is 1.80. The molecule has 0 aliphatic carbocycles. The van der Waals surface area contributed by atoms with Gasteiger partial charge in [-0.1, -0.05) is 24.3 Å². The molecular weight excluding hydrogens is 148 g/mol. The Morgan fingerprint density at radius 1 is 1.17 bits per heavy atom. The van der Waals surface area contributed by atoms with E-state index in [4.69, 9.17) is 0 Å². The van der Waals surface area contributed by atoms with E-state index in [-0.39, 0.29) is 0 Å². The Bertz CT molecular complexity index is 292. The van der Waals surface area contributed by atoms with Gasteiger partial charge in [-0.25, -0.2) is 0 Å². The minimum absolute atomic E-state index is 0.809. The third kappa shape index (κ3) is 1.47. The second-order valence-corrected chi connectivity index (χ2v) is 2.94. The van der Waals surface area contributed by atoms with Crippen LogP contribution >= 0.6 is 0 Å². The van der Waals surface area contributed by atoms with Crippen molar-refractivity contribution in [2.24, 2.45) is 4.99 Å². The molecule has 1 N–H and O–H groups in total. The Morgan fingerprint density at radius 2 is 2.00 bits per heavy atom. The lowest BCUT2D eigenvalue weighted by Crippen LogP contribution is -2.17. The van der Waals surface area contributed by atoms with Gasteiger partial charge in [0.25, 0.3) is 0 Å². The van der Waals surface area contributed by atoms with Crippen molar-refractivity contribution in [3.8, 4) is 0 Å². The highest BCUT2D eigenvalue weighted by molar-refractivity contribution is 5.54. The fourth-order valence-electron chi connectivity index (χ4n) is 1.44. The summed E-state index contributed by atoms with van der Waals surface area (Å²) in [4.78, 5) is 4.24. The molecule has 1 aliphatic heterocycles. The second-order valence-electron chi connectivity index (χ2n) is 2.94. The summed E-state index contributed by atoms with van der Waals surface area (Å²) in [5.74, 6) is 0. The molecule has 0 amide bonds. The van der Waals surface area contributed by atoms with Crippen LogP contribution in [0.3, 0.4) is 0 Å². The number of fused-ring (bicyclic) bond motifs is 1. The topological polar surface area (TPSA) is 24.4 Å². The van der Waals surface area contributed by atoms with Crippen molar-refractivity contribution >= 4 is 6.34 Å². The number of hydrogen-bond donors (Lipinski definition) is 1. The van der Waals surface area contributed by atoms with E-state index < -0.39 is 0 Å². The summed E-state index contributed by atoms with van der Waals surface area (Å²) in [7, 11) is 0. The molecule has 1 aromatic carbocycles. The van der Waals surface area contributed by atoms with Crippen LogP contribution in [-0.4, -0.2) is 12.9 Å². The van der Waals surface area contributed by atoms with Gasteiger partial charge in [0.2, 0.25) is 0 Å². The van der Waals surface area contributed by atoms with Crippen LogP contribution in [0.25, 0.3) is 0 Å². The highest BCUT2D eigenvalue weighted by Gasteiger charge is 2.01. The molecule has 62 valence electrons. The van der Waals surface area contributed by atoms with Crippen LogP contribution in [0.4, 0.5) is 0 Å². The molecule has 0 bridgehead atoms. The molecule has 1 heterocycles. The summed E-state index contributed by atoms with van der Waals surface area (Å²) in [6.07, 6.45) is 2.90. The molecule has 0 radical (unpaired) electrons. The van der Waals surface area contributed by atoms with Gasteiger partial charge < -0.3 is 5.32 Å². The van der Waals surface area contributed by atoms with Gasteiger partial charge in [-0.3, -0.25) is 4.99 Å². The van der Waals surface area contributed by atoms with Crippen molar-refractivity contribution < 1.29 is 0 Å². The summed E-state index contributed by atoms with van der Waals surface area (Å²) < 4.78 is 0. The number of benzene rings is 1. The number of nitrogens with zero attached hydrogens (tertiary/aromatic N) is 1. The molecule has 0 atom stereocenters. The van der Waals surface area contributed by atoms with Gasteiger partial charge in [-0.15, -0.1) is 0 Å². The van der Waals surface area contributed by atoms with E-state index >= 15 is 0 Å². The molecule has 0 spiro atoms. The van der Waals surface area contributed by atoms with E-state index in [0.29, 0.717) is 0 Å². The maximum atomic E-state index is 4.24. The predicted octanol–water partition coefficient (Wildman–Crippen LogP) is 1.36. The third-order valence-electron chi connectivity index (χ3n) is 2.10. The summed E-state index contributed by atoms with van der Waals surface area (Å²) in [5.41, 5.74) is 2.78. The lowest BCUT2D eigenvalue weighted by Gasteiger charge is -2.09. The van der Waals surface area contributed by atoms with Crippen LogP contribution in [0.15, 0.2) is 29.3 Å². The first-order valence-corrected chi connectivity index (χ1v) is 4.25. The van der Waals surface area contributed by atoms with Crippen molar-refractivity contribution in [3.63, 3.8) is 0 Å². The van der Waals surface area contributed by atoms with E-state index in [9.17, 15) is 0 Å². The van der Waals surface area contributed by atoms with Crippen LogP contribution in [0.1, 0.15) is 11.1 Å². The van der Waals surface area contributed by atoms with E-state index in [1.807, 2.05) is 0 Å². The molecule has 1 aromatic rings. The standard InChI is InChI=1S/C10H12N2/c1-2-4-10-7-12-8-11-6-5-9(10)3-1/h1-4,8H,5-7H2,(H,11,12). The van der Waals surface area contributed by atoms with Crippen LogP contribution in [0.5, 0.6) is 0 Å². The quantitative estimate of drug-likeness (QED) is 0.609. The normalized spacial score (nSPS) is 18.3. The minimum Gasteiger partial charge on any atom is -0.376 e. The van der Waals surface area contributed by atoms with Gasteiger partial charge in [0.1, 0.15) is 0 Å². The Morgan fingerprint density at radius 3 is 2.92 bits per heavy atom. The number of rotatable bonds is 0. The molecule has 2 heteroatoms. The van der Waals surface area contributed by atoms with E-state index in [1.54, 1.807) is 6.34 Å². The molecule has 1 aliphatic rings. The van der Waals surface area contributed by atoms with E-state index in [1.165, 1.54) is 11.1 Å². The van der Waals surface area contributed by atoms with E-state index in [2.05, 4.69) is 34.6 Å². The highest BCUT2D eigenvalue weighted by Crippen LogP contribution is 2.10. The van der Waals surface area contributed by atoms with Crippen molar-refractivity contribution in [2.45, 2.75) is 13.0 Å². The van der Waals surface area contributed by atoms with Gasteiger partial charge in [0.05, 0.1) is 12.9 Å². The molecule has 0 aromatic heterocycles. The highest BCUT2D eigenvalue weighted by atomic mass is 14.9. The first-order valence-electron chi connectivity index (χ1n) is 4.25. The summed E-state index contributed by atoms with van der Waals surface area (Å²) in [6, 6.07) is 8.49. The average Bonchev–Trinajstić information content (AvgIpc) is 2.06. The van der Waals surface area contributed by atoms with Crippen LogP contribution in [0.2, 0.25) is 0 Å². The van der Waals surface area contributed by atoms with Crippen molar-refractivity contribution in [2.75, 3.05) is 6.54 Å². The Kier molecular flexibility index (Phi) is 2.08. The average molecular weight is 160 g/mol. The number of hydrogen-bond acceptors (Lipinski definition) is 2. The first-order chi connectivity index (χ1) is 5.97. The van der Waals surface area contributed by atoms with Crippen molar-refractivity contribution in [1.82, 2.24) is 5.32 Å². The Balaban J connectivity index is 2.32. The summed E-state index contributed by atoms with van der Waals surface area (Å²) in [5, 5.41) is 3.14. The molecule has 2 rings (SSSR count). The monoisotopic (exact) mass is 160 g/mol. The van der Waals surface area contributed by atoms with E-state index in [0.717, 1.165) is 19.5 Å². The van der Waals surface area contributed by atoms with Crippen LogP contribution in [-0.2, 0) is 13.0 Å². The van der Waals surface area contributed by atoms with Crippen molar-refractivity contribution in [1.29, 1.82) is 0 Å². The number of nitrogens with one attached hydrogen (secondary N) is 1. The fourth-order valence-corrected chi connectivity index (χ4v) is 1.44. The zero-order valence-electron chi connectivity index (χ0n) is 6.96. The predicted molar refractivity (Wildman–Crippen MR) is 50.3 cm³/mol. The van der Waals surface area contributed by atoms with Crippen molar-refractivity contribution in [3.05, 3.63) is 35.4 Å². The van der Waals surface area contributed by atoms with Crippen LogP contribution < -0.4 is 5.32 Å². The fraction of sp³-hybridized carbons (Fsp3) is 0.300. The molecular formula is C10H12N2. The van der Waals surface area contributed by atoms with Crippen LogP contribution in [0, 0.1) is 0 Å². The summed E-state index contributed by atoms with van der Waals surface area (Å²) >= 11 is 0. The molecule has 0 fully saturated rings. The molecule has 0 saturated carbocycles. The van der Waals surface area contributed by atoms with Gasteiger partial charge in [-0.2, -0.15) is 0 Å². The molecule has 0 unspecified atom stereocenters. The van der Waals surface area contributed by atoms with Gasteiger partial charge in [-0.05, 0) is 17.5 Å². The third-order valence-corrected chi connectivity index (χ3v) is 2.10. The Hall–Kier alpha value is -1.31. The smallest absolute Gasteiger partial charge is 0.0828 e. The molecule has 2 nitrogen and oxygen atoms in total. The van der Waals surface area contributed by atoms with Gasteiger partial charge >= 0.3 is 0 Å². The zero-order valence-corrected chi connectivity index (χ0v) is 6.96. The minimum atomic E-state index is 0.809.